The molecule has 7 nitrogen and oxygen atoms in total. The minimum Gasteiger partial charge on any atom is -0.493 e. The summed E-state index contributed by atoms with van der Waals surface area (Å²) in [7, 11) is 0. The minimum absolute atomic E-state index is 0.0870. The Labute approximate surface area is 134 Å². The molecule has 3 rings (SSSR count). The van der Waals surface area contributed by atoms with E-state index in [9.17, 15) is 4.79 Å². The second kappa shape index (κ2) is 6.78. The van der Waals surface area contributed by atoms with Gasteiger partial charge in [-0.25, -0.2) is 0 Å². The van der Waals surface area contributed by atoms with E-state index >= 15 is 0 Å². The predicted octanol–water partition coefficient (Wildman–Crippen LogP) is 1.44. The fourth-order valence-corrected chi connectivity index (χ4v) is 2.76. The van der Waals surface area contributed by atoms with Crippen LogP contribution >= 0.6 is 0 Å². The molecule has 1 saturated heterocycles. The van der Waals surface area contributed by atoms with Crippen LogP contribution in [-0.2, 0) is 11.3 Å². The van der Waals surface area contributed by atoms with E-state index in [0.29, 0.717) is 31.4 Å². The van der Waals surface area contributed by atoms with E-state index in [2.05, 4.69) is 15.0 Å². The van der Waals surface area contributed by atoms with Crippen LogP contribution in [0.15, 0.2) is 28.8 Å². The van der Waals surface area contributed by atoms with E-state index in [1.807, 2.05) is 31.2 Å². The number of primary amides is 1. The summed E-state index contributed by atoms with van der Waals surface area (Å²) in [6, 6.07) is 7.60. The third-order valence-electron chi connectivity index (χ3n) is 3.93. The van der Waals surface area contributed by atoms with Crippen molar-refractivity contribution in [3.63, 3.8) is 0 Å². The first kappa shape index (κ1) is 15.5. The Morgan fingerprint density at radius 1 is 1.48 bits per heavy atom. The van der Waals surface area contributed by atoms with Crippen molar-refractivity contribution in [2.45, 2.75) is 19.9 Å². The van der Waals surface area contributed by atoms with Gasteiger partial charge >= 0.3 is 0 Å². The molecule has 23 heavy (non-hydrogen) atoms. The Morgan fingerprint density at radius 2 is 2.30 bits per heavy atom. The molecule has 1 atom stereocenters. The Bertz CT molecular complexity index is 685. The van der Waals surface area contributed by atoms with Gasteiger partial charge < -0.3 is 15.0 Å². The molecule has 7 heteroatoms. The van der Waals surface area contributed by atoms with Crippen LogP contribution in [0.1, 0.15) is 19.2 Å². The molecular formula is C16H20N4O3. The Morgan fingerprint density at radius 3 is 3.04 bits per heavy atom. The summed E-state index contributed by atoms with van der Waals surface area (Å²) in [4.78, 5) is 17.8. The first-order chi connectivity index (χ1) is 11.2. The Hall–Kier alpha value is -2.41. The van der Waals surface area contributed by atoms with Gasteiger partial charge in [0.1, 0.15) is 5.75 Å². The van der Waals surface area contributed by atoms with Gasteiger partial charge in [-0.15, -0.1) is 0 Å². The van der Waals surface area contributed by atoms with Gasteiger partial charge in [-0.3, -0.25) is 9.69 Å². The quantitative estimate of drug-likeness (QED) is 0.866. The standard InChI is InChI=1S/C16H20N4O3/c1-2-22-13-6-4-3-5-12(13)16-18-14(23-19-16)10-20-8-7-11(9-20)15(17)21/h3-6,11H,2,7-10H2,1H3,(H2,17,21)/t11-/m1/s1. The van der Waals surface area contributed by atoms with Crippen LogP contribution in [0.5, 0.6) is 5.75 Å². The predicted molar refractivity (Wildman–Crippen MR) is 83.5 cm³/mol. The fourth-order valence-electron chi connectivity index (χ4n) is 2.76. The van der Waals surface area contributed by atoms with Crippen molar-refractivity contribution < 1.29 is 14.1 Å². The van der Waals surface area contributed by atoms with E-state index in [4.69, 9.17) is 15.0 Å². The molecule has 122 valence electrons. The highest BCUT2D eigenvalue weighted by Crippen LogP contribution is 2.28. The maximum Gasteiger partial charge on any atom is 0.241 e. The summed E-state index contributed by atoms with van der Waals surface area (Å²) < 4.78 is 10.9. The van der Waals surface area contributed by atoms with Crippen LogP contribution in [0, 0.1) is 5.92 Å². The first-order valence-electron chi connectivity index (χ1n) is 7.73. The van der Waals surface area contributed by atoms with Crippen molar-refractivity contribution in [3.8, 4) is 17.1 Å². The third-order valence-corrected chi connectivity index (χ3v) is 3.93. The smallest absolute Gasteiger partial charge is 0.241 e. The molecular weight excluding hydrogens is 296 g/mol. The highest BCUT2D eigenvalue weighted by atomic mass is 16.5. The van der Waals surface area contributed by atoms with Crippen LogP contribution < -0.4 is 10.5 Å². The van der Waals surface area contributed by atoms with Crippen molar-refractivity contribution in [3.05, 3.63) is 30.2 Å². The summed E-state index contributed by atoms with van der Waals surface area (Å²) in [5, 5.41) is 4.04. The fraction of sp³-hybridized carbons (Fsp3) is 0.438. The number of aromatic nitrogens is 2. The molecule has 2 aromatic rings. The van der Waals surface area contributed by atoms with Gasteiger partial charge in [0, 0.05) is 6.54 Å². The number of hydrogen-bond acceptors (Lipinski definition) is 6. The largest absolute Gasteiger partial charge is 0.493 e. The average molecular weight is 316 g/mol. The maximum atomic E-state index is 11.2. The molecule has 1 aromatic heterocycles. The maximum absolute atomic E-state index is 11.2. The van der Waals surface area contributed by atoms with Crippen LogP contribution in [0.4, 0.5) is 0 Å². The van der Waals surface area contributed by atoms with Gasteiger partial charge in [0.05, 0.1) is 24.6 Å². The molecule has 0 radical (unpaired) electrons. The van der Waals surface area contributed by atoms with Crippen LogP contribution in [0.2, 0.25) is 0 Å². The summed E-state index contributed by atoms with van der Waals surface area (Å²) in [5.41, 5.74) is 6.15. The Balaban J connectivity index is 1.70. The van der Waals surface area contributed by atoms with E-state index in [0.717, 1.165) is 24.3 Å². The van der Waals surface area contributed by atoms with E-state index in [1.54, 1.807) is 0 Å². The zero-order valence-electron chi connectivity index (χ0n) is 13.1. The normalized spacial score (nSPS) is 18.2. The van der Waals surface area contributed by atoms with Crippen molar-refractivity contribution in [1.82, 2.24) is 15.0 Å². The van der Waals surface area contributed by atoms with Gasteiger partial charge in [0.2, 0.25) is 17.6 Å². The number of amides is 1. The number of rotatable bonds is 6. The molecule has 1 aliphatic rings. The number of hydrogen-bond donors (Lipinski definition) is 1. The lowest BCUT2D eigenvalue weighted by Gasteiger charge is -2.11. The lowest BCUT2D eigenvalue weighted by atomic mass is 10.1. The summed E-state index contributed by atoms with van der Waals surface area (Å²) in [5.74, 6) is 1.43. The first-order valence-corrected chi connectivity index (χ1v) is 7.73. The highest BCUT2D eigenvalue weighted by molar-refractivity contribution is 5.77. The molecule has 1 fully saturated rings. The average Bonchev–Trinajstić information content (AvgIpc) is 3.18. The van der Waals surface area contributed by atoms with Crippen molar-refractivity contribution >= 4 is 5.91 Å². The molecule has 0 unspecified atom stereocenters. The monoisotopic (exact) mass is 316 g/mol. The van der Waals surface area contributed by atoms with Crippen molar-refractivity contribution in [2.75, 3.05) is 19.7 Å². The molecule has 0 saturated carbocycles. The molecule has 0 aliphatic carbocycles. The van der Waals surface area contributed by atoms with E-state index in [-0.39, 0.29) is 11.8 Å². The second-order valence-electron chi connectivity index (χ2n) is 5.56. The number of likely N-dealkylation sites (tertiary alicyclic amines) is 1. The molecule has 0 bridgehead atoms. The third kappa shape index (κ3) is 3.50. The molecule has 2 N–H and O–H groups in total. The zero-order chi connectivity index (χ0) is 16.2. The Kier molecular flexibility index (Phi) is 4.57. The van der Waals surface area contributed by atoms with Gasteiger partial charge in [0.25, 0.3) is 0 Å². The second-order valence-corrected chi connectivity index (χ2v) is 5.56. The number of nitrogens with zero attached hydrogens (tertiary/aromatic N) is 3. The molecule has 1 amide bonds. The molecule has 0 spiro atoms. The molecule has 1 aromatic carbocycles. The van der Waals surface area contributed by atoms with Crippen molar-refractivity contribution in [1.29, 1.82) is 0 Å². The zero-order valence-corrected chi connectivity index (χ0v) is 13.1. The number of nitrogens with two attached hydrogens (primary N) is 1. The summed E-state index contributed by atoms with van der Waals surface area (Å²) in [6.45, 7) is 4.47. The van der Waals surface area contributed by atoms with Gasteiger partial charge in [-0.1, -0.05) is 17.3 Å². The van der Waals surface area contributed by atoms with Crippen molar-refractivity contribution in [2.24, 2.45) is 11.7 Å². The number of para-hydroxylation sites is 1. The number of ether oxygens (including phenoxy) is 1. The van der Waals surface area contributed by atoms with Gasteiger partial charge in [0.15, 0.2) is 0 Å². The van der Waals surface area contributed by atoms with Gasteiger partial charge in [-0.05, 0) is 32.0 Å². The molecule has 2 heterocycles. The topological polar surface area (TPSA) is 94.5 Å². The lowest BCUT2D eigenvalue weighted by Crippen LogP contribution is -2.27. The van der Waals surface area contributed by atoms with Crippen LogP contribution in [0.25, 0.3) is 11.4 Å². The summed E-state index contributed by atoms with van der Waals surface area (Å²) in [6.07, 6.45) is 0.781. The number of carbonyl (C=O) groups excluding carboxylic acids is 1. The van der Waals surface area contributed by atoms with Crippen LogP contribution in [0.3, 0.4) is 0 Å². The number of carbonyl (C=O) groups is 1. The van der Waals surface area contributed by atoms with Gasteiger partial charge in [-0.2, -0.15) is 4.98 Å². The highest BCUT2D eigenvalue weighted by Gasteiger charge is 2.27. The molecule has 1 aliphatic heterocycles. The minimum atomic E-state index is -0.246. The summed E-state index contributed by atoms with van der Waals surface area (Å²) >= 11 is 0. The lowest BCUT2D eigenvalue weighted by molar-refractivity contribution is -0.121. The van der Waals surface area contributed by atoms with E-state index in [1.165, 1.54) is 0 Å². The SMILES string of the molecule is CCOc1ccccc1-c1noc(CN2CC[C@@H](C(N)=O)C2)n1. The van der Waals surface area contributed by atoms with E-state index < -0.39 is 0 Å². The van der Waals surface area contributed by atoms with Crippen LogP contribution in [-0.4, -0.2) is 40.6 Å². The number of benzene rings is 1.